The zero-order valence-electron chi connectivity index (χ0n) is 17.3. The Bertz CT molecular complexity index is 909. The number of thioether (sulfide) groups is 1. The van der Waals surface area contributed by atoms with Crippen LogP contribution >= 0.6 is 46.6 Å². The second-order valence-electron chi connectivity index (χ2n) is 6.77. The largest absolute Gasteiger partial charge is 0.355 e. The maximum Gasteiger partial charge on any atom is 0.242 e. The topological polar surface area (TPSA) is 49.4 Å². The van der Waals surface area contributed by atoms with Crippen molar-refractivity contribution in [1.82, 2.24) is 10.2 Å². The van der Waals surface area contributed by atoms with Crippen LogP contribution in [0.5, 0.6) is 0 Å². The summed E-state index contributed by atoms with van der Waals surface area (Å²) in [5, 5.41) is 4.00. The Morgan fingerprint density at radius 2 is 1.87 bits per heavy atom. The molecule has 0 saturated carbocycles. The van der Waals surface area contributed by atoms with E-state index in [1.165, 1.54) is 28.8 Å². The zero-order valence-corrected chi connectivity index (χ0v) is 20.3. The Hall–Kier alpha value is -1.47. The number of amides is 2. The van der Waals surface area contributed by atoms with Crippen molar-refractivity contribution in [2.45, 2.75) is 38.6 Å². The van der Waals surface area contributed by atoms with Gasteiger partial charge in [-0.1, -0.05) is 53.9 Å². The summed E-state index contributed by atoms with van der Waals surface area (Å²) in [5.74, 6) is -0.588. The summed E-state index contributed by atoms with van der Waals surface area (Å²) in [6.07, 6.45) is 0.437. The minimum absolute atomic E-state index is 0.0613. The molecule has 0 spiro atoms. The lowest BCUT2D eigenvalue weighted by Gasteiger charge is -2.30. The average Bonchev–Trinajstić information content (AvgIpc) is 2.71. The van der Waals surface area contributed by atoms with Gasteiger partial charge in [-0.15, -0.1) is 11.8 Å². The van der Waals surface area contributed by atoms with Crippen molar-refractivity contribution >= 4 is 58.4 Å². The monoisotopic (exact) mass is 504 g/mol. The van der Waals surface area contributed by atoms with Crippen LogP contribution in [0.25, 0.3) is 0 Å². The van der Waals surface area contributed by atoms with E-state index in [2.05, 4.69) is 5.32 Å². The first-order valence-electron chi connectivity index (χ1n) is 9.80. The van der Waals surface area contributed by atoms with Gasteiger partial charge in [0.15, 0.2) is 0 Å². The van der Waals surface area contributed by atoms with Gasteiger partial charge in [0.25, 0.3) is 0 Å². The molecule has 0 aliphatic heterocycles. The quantitative estimate of drug-likeness (QED) is 0.433. The molecule has 1 N–H and O–H groups in total. The highest BCUT2D eigenvalue weighted by Gasteiger charge is 2.28. The van der Waals surface area contributed by atoms with Crippen molar-refractivity contribution in [2.75, 3.05) is 12.3 Å². The van der Waals surface area contributed by atoms with E-state index in [0.717, 1.165) is 0 Å². The van der Waals surface area contributed by atoms with Gasteiger partial charge in [0, 0.05) is 39.5 Å². The van der Waals surface area contributed by atoms with E-state index in [0.29, 0.717) is 39.2 Å². The van der Waals surface area contributed by atoms with Gasteiger partial charge in [-0.25, -0.2) is 4.39 Å². The van der Waals surface area contributed by atoms with Gasteiger partial charge in [-0.05, 0) is 43.2 Å². The van der Waals surface area contributed by atoms with Crippen LogP contribution in [0.1, 0.15) is 31.4 Å². The van der Waals surface area contributed by atoms with Gasteiger partial charge in [0.2, 0.25) is 11.8 Å². The standard InChI is InChI=1S/C22H24Cl3FN2O2S/c1-3-20(22(30)27-4-2)28(11-14-8-9-15(23)10-18(14)25)21(29)13-31-12-16-17(24)6-5-7-19(16)26/h5-10,20H,3-4,11-13H2,1-2H3,(H,27,30)/t20-/m0/s1. The molecule has 4 nitrogen and oxygen atoms in total. The predicted octanol–water partition coefficient (Wildman–Crippen LogP) is 5.96. The van der Waals surface area contributed by atoms with E-state index >= 15 is 0 Å². The lowest BCUT2D eigenvalue weighted by atomic mass is 10.1. The Balaban J connectivity index is 2.19. The van der Waals surface area contributed by atoms with Gasteiger partial charge in [-0.3, -0.25) is 9.59 Å². The number of hydrogen-bond acceptors (Lipinski definition) is 3. The smallest absolute Gasteiger partial charge is 0.242 e. The molecule has 2 amide bonds. The van der Waals surface area contributed by atoms with E-state index < -0.39 is 11.9 Å². The molecule has 2 rings (SSSR count). The van der Waals surface area contributed by atoms with Gasteiger partial charge in [0.1, 0.15) is 11.9 Å². The number of nitrogens with one attached hydrogen (secondary N) is 1. The number of halogens is 4. The Morgan fingerprint density at radius 3 is 2.48 bits per heavy atom. The lowest BCUT2D eigenvalue weighted by molar-refractivity contribution is -0.139. The zero-order chi connectivity index (χ0) is 23.0. The fraction of sp³-hybridized carbons (Fsp3) is 0.364. The second-order valence-corrected chi connectivity index (χ2v) is 9.01. The number of rotatable bonds is 10. The molecule has 31 heavy (non-hydrogen) atoms. The Labute approximate surface area is 201 Å². The molecular formula is C22H24Cl3FN2O2S. The third-order valence-electron chi connectivity index (χ3n) is 4.63. The predicted molar refractivity (Wildman–Crippen MR) is 127 cm³/mol. The van der Waals surface area contributed by atoms with Crippen LogP contribution < -0.4 is 5.32 Å². The van der Waals surface area contributed by atoms with Crippen LogP contribution in [-0.2, 0) is 21.9 Å². The molecule has 1 atom stereocenters. The minimum Gasteiger partial charge on any atom is -0.355 e. The van der Waals surface area contributed by atoms with Gasteiger partial charge in [0.05, 0.1) is 5.75 Å². The van der Waals surface area contributed by atoms with Crippen LogP contribution in [0.3, 0.4) is 0 Å². The average molecular weight is 506 g/mol. The fourth-order valence-electron chi connectivity index (χ4n) is 3.04. The molecule has 0 unspecified atom stereocenters. The van der Waals surface area contributed by atoms with E-state index in [1.807, 2.05) is 13.8 Å². The van der Waals surface area contributed by atoms with Crippen molar-refractivity contribution in [3.63, 3.8) is 0 Å². The number of carbonyl (C=O) groups is 2. The molecule has 0 bridgehead atoms. The van der Waals surface area contributed by atoms with Crippen molar-refractivity contribution < 1.29 is 14.0 Å². The van der Waals surface area contributed by atoms with Crippen LogP contribution in [0.15, 0.2) is 36.4 Å². The molecule has 0 radical (unpaired) electrons. The van der Waals surface area contributed by atoms with E-state index in [-0.39, 0.29) is 29.9 Å². The van der Waals surface area contributed by atoms with E-state index in [1.54, 1.807) is 24.3 Å². The molecule has 0 fully saturated rings. The first-order chi connectivity index (χ1) is 14.8. The highest BCUT2D eigenvalue weighted by Crippen LogP contribution is 2.26. The molecule has 2 aromatic rings. The molecule has 0 saturated heterocycles. The third kappa shape index (κ3) is 7.28. The lowest BCUT2D eigenvalue weighted by Crippen LogP contribution is -2.49. The number of nitrogens with zero attached hydrogens (tertiary/aromatic N) is 1. The number of benzene rings is 2. The summed E-state index contributed by atoms with van der Waals surface area (Å²) >= 11 is 19.6. The van der Waals surface area contributed by atoms with Gasteiger partial charge >= 0.3 is 0 Å². The summed E-state index contributed by atoms with van der Waals surface area (Å²) in [6, 6.07) is 8.85. The van der Waals surface area contributed by atoms with Crippen molar-refractivity contribution in [3.8, 4) is 0 Å². The Morgan fingerprint density at radius 1 is 1.13 bits per heavy atom. The van der Waals surface area contributed by atoms with Gasteiger partial charge in [-0.2, -0.15) is 0 Å². The third-order valence-corrected chi connectivity index (χ3v) is 6.51. The molecule has 0 heterocycles. The Kier molecular flexibility index (Phi) is 10.4. The van der Waals surface area contributed by atoms with Crippen molar-refractivity contribution in [3.05, 3.63) is 68.4 Å². The summed E-state index contributed by atoms with van der Waals surface area (Å²) in [5.41, 5.74) is 1.04. The summed E-state index contributed by atoms with van der Waals surface area (Å²) in [6.45, 7) is 4.28. The SMILES string of the molecule is CCNC(=O)[C@H](CC)N(Cc1ccc(Cl)cc1Cl)C(=O)CSCc1c(F)cccc1Cl. The summed E-state index contributed by atoms with van der Waals surface area (Å²) < 4.78 is 14.0. The first kappa shape index (κ1) is 25.8. The van der Waals surface area contributed by atoms with Crippen molar-refractivity contribution in [1.29, 1.82) is 0 Å². The molecule has 0 aliphatic rings. The van der Waals surface area contributed by atoms with Crippen LogP contribution in [0, 0.1) is 5.82 Å². The minimum atomic E-state index is -0.656. The number of carbonyl (C=O) groups excluding carboxylic acids is 2. The highest BCUT2D eigenvalue weighted by molar-refractivity contribution is 7.99. The maximum absolute atomic E-state index is 14.0. The fourth-order valence-corrected chi connectivity index (χ4v) is 4.76. The molecular weight excluding hydrogens is 482 g/mol. The van der Waals surface area contributed by atoms with Crippen LogP contribution in [-0.4, -0.2) is 35.1 Å². The molecule has 9 heteroatoms. The van der Waals surface area contributed by atoms with E-state index in [9.17, 15) is 14.0 Å². The normalized spacial score (nSPS) is 11.8. The van der Waals surface area contributed by atoms with Crippen molar-refractivity contribution in [2.24, 2.45) is 0 Å². The molecule has 168 valence electrons. The molecule has 0 aliphatic carbocycles. The molecule has 0 aromatic heterocycles. The van der Waals surface area contributed by atoms with Crippen LogP contribution in [0.2, 0.25) is 15.1 Å². The first-order valence-corrected chi connectivity index (χ1v) is 12.1. The molecule has 2 aromatic carbocycles. The highest BCUT2D eigenvalue weighted by atomic mass is 35.5. The van der Waals surface area contributed by atoms with Gasteiger partial charge < -0.3 is 10.2 Å². The number of hydrogen-bond donors (Lipinski definition) is 1. The van der Waals surface area contributed by atoms with E-state index in [4.69, 9.17) is 34.8 Å². The number of likely N-dealkylation sites (N-methyl/N-ethyl adjacent to an activating group) is 1. The summed E-state index contributed by atoms with van der Waals surface area (Å²) in [4.78, 5) is 27.2. The summed E-state index contributed by atoms with van der Waals surface area (Å²) in [7, 11) is 0. The van der Waals surface area contributed by atoms with Crippen LogP contribution in [0.4, 0.5) is 4.39 Å². The maximum atomic E-state index is 14.0. The second kappa shape index (κ2) is 12.5.